The maximum absolute atomic E-state index is 16.1. The third kappa shape index (κ3) is 12.8. The zero-order chi connectivity index (χ0) is 62.3. The fraction of sp³-hybridized carbons (Fsp3) is 0.194. The standard InChI is InChI=1S/C72H62N2O16P2/c1-73(49-23-5-3-6-24-49)67(75)57-45-47-21-9-11-27-51(47)63(65(57)89-91(85-59-33-17-13-29-53(59)69-77-37-38-78-69)86-60-34-18-14-30-54(60)70-79-39-40-80-70)64-52-28-12-10-22-48(52)46-58(68(76)74(2)50-25-7-4-8-26-50)66(64)90-92(87-61-35-19-15-31-55(61)71-81-41-42-82-71)88-62-36-20-16-32-56(62)72-83-43-44-84-72/h3-36,45-46,69-72H,37-44H2,1-2H3. The topological polar surface area (TPSA) is 170 Å². The van der Waals surface area contributed by atoms with Gasteiger partial charge in [0.2, 0.25) is 0 Å². The Morgan fingerprint density at radius 1 is 0.337 bits per heavy atom. The van der Waals surface area contributed by atoms with Crippen LogP contribution in [0.2, 0.25) is 0 Å². The van der Waals surface area contributed by atoms with Crippen molar-refractivity contribution in [3.8, 4) is 45.6 Å². The average Bonchev–Trinajstić information content (AvgIpc) is 0.947. The second-order valence-electron chi connectivity index (χ2n) is 21.5. The molecule has 0 spiro atoms. The Kier molecular flexibility index (Phi) is 18.3. The van der Waals surface area contributed by atoms with Crippen LogP contribution in [0.15, 0.2) is 218 Å². The Balaban J connectivity index is 1.04. The van der Waals surface area contributed by atoms with Gasteiger partial charge in [0.05, 0.1) is 86.2 Å². The van der Waals surface area contributed by atoms with Crippen LogP contribution in [0.3, 0.4) is 0 Å². The van der Waals surface area contributed by atoms with Crippen LogP contribution in [0, 0.1) is 0 Å². The molecule has 0 radical (unpaired) electrons. The number of hydrogen-bond donors (Lipinski definition) is 0. The van der Waals surface area contributed by atoms with Gasteiger partial charge in [-0.25, -0.2) is 0 Å². The molecule has 4 fully saturated rings. The minimum absolute atomic E-state index is 0.00298. The van der Waals surface area contributed by atoms with Crippen molar-refractivity contribution < 1.29 is 74.6 Å². The van der Waals surface area contributed by atoms with Crippen LogP contribution in [0.5, 0.6) is 34.5 Å². The summed E-state index contributed by atoms with van der Waals surface area (Å²) in [6, 6.07) is 66.7. The molecular formula is C72H62N2O16P2. The van der Waals surface area contributed by atoms with Gasteiger partial charge >= 0.3 is 17.2 Å². The minimum Gasteiger partial charge on any atom is -0.408 e. The molecule has 4 aliphatic heterocycles. The van der Waals surface area contributed by atoms with E-state index in [9.17, 15) is 0 Å². The first-order valence-corrected chi connectivity index (χ1v) is 32.2. The highest BCUT2D eigenvalue weighted by Gasteiger charge is 2.38. The zero-order valence-electron chi connectivity index (χ0n) is 50.1. The number of carbonyl (C=O) groups is 2. The molecule has 4 saturated heterocycles. The van der Waals surface area contributed by atoms with E-state index in [0.29, 0.717) is 142 Å². The fourth-order valence-electron chi connectivity index (χ4n) is 11.3. The molecule has 0 atom stereocenters. The molecule has 20 heteroatoms. The van der Waals surface area contributed by atoms with Crippen molar-refractivity contribution in [1.82, 2.24) is 0 Å². The second kappa shape index (κ2) is 27.8. The van der Waals surface area contributed by atoms with Crippen molar-refractivity contribution in [2.45, 2.75) is 25.2 Å². The normalized spacial score (nSPS) is 15.6. The Bertz CT molecular complexity index is 3860. The van der Waals surface area contributed by atoms with Crippen molar-refractivity contribution in [2.75, 3.05) is 76.8 Å². The molecule has 92 heavy (non-hydrogen) atoms. The van der Waals surface area contributed by atoms with Crippen LogP contribution in [-0.4, -0.2) is 78.8 Å². The summed E-state index contributed by atoms with van der Waals surface area (Å²) >= 11 is 0. The number of benzene rings is 10. The van der Waals surface area contributed by atoms with Crippen LogP contribution >= 0.6 is 17.2 Å². The lowest BCUT2D eigenvalue weighted by atomic mass is 9.88. The quantitative estimate of drug-likeness (QED) is 0.0622. The van der Waals surface area contributed by atoms with Gasteiger partial charge in [-0.1, -0.05) is 158 Å². The Morgan fingerprint density at radius 3 is 0.902 bits per heavy atom. The highest BCUT2D eigenvalue weighted by molar-refractivity contribution is 7.43. The van der Waals surface area contributed by atoms with Crippen LogP contribution in [0.25, 0.3) is 32.7 Å². The molecule has 2 amide bonds. The number of rotatable bonds is 21. The van der Waals surface area contributed by atoms with E-state index in [0.717, 1.165) is 0 Å². The predicted octanol–water partition coefficient (Wildman–Crippen LogP) is 15.9. The van der Waals surface area contributed by atoms with E-state index in [-0.39, 0.29) is 22.6 Å². The lowest BCUT2D eigenvalue weighted by Crippen LogP contribution is -2.27. The van der Waals surface area contributed by atoms with Gasteiger partial charge in [-0.15, -0.1) is 0 Å². The summed E-state index contributed by atoms with van der Waals surface area (Å²) in [4.78, 5) is 35.3. The molecule has 10 aromatic carbocycles. The largest absolute Gasteiger partial charge is 0.530 e. The monoisotopic (exact) mass is 1270 g/mol. The molecule has 10 aromatic rings. The summed E-state index contributed by atoms with van der Waals surface area (Å²) in [5, 5.41) is 2.43. The van der Waals surface area contributed by atoms with Gasteiger partial charge in [0.15, 0.2) is 36.7 Å². The lowest BCUT2D eigenvalue weighted by molar-refractivity contribution is -0.0456. The number of anilines is 2. The number of ether oxygens (including phenoxy) is 8. The molecule has 0 aliphatic carbocycles. The van der Waals surface area contributed by atoms with Gasteiger partial charge in [-0.3, -0.25) is 9.59 Å². The highest BCUT2D eigenvalue weighted by Crippen LogP contribution is 2.57. The summed E-state index contributed by atoms with van der Waals surface area (Å²) in [6.45, 7) is 2.90. The number of hydrogen-bond acceptors (Lipinski definition) is 16. The molecule has 14 rings (SSSR count). The van der Waals surface area contributed by atoms with E-state index in [2.05, 4.69) is 0 Å². The van der Waals surface area contributed by atoms with E-state index in [1.54, 1.807) is 60.3 Å². The van der Waals surface area contributed by atoms with Crippen molar-refractivity contribution >= 4 is 61.9 Å². The molecular weight excluding hydrogens is 1210 g/mol. The lowest BCUT2D eigenvalue weighted by Gasteiger charge is -2.28. The number of amides is 2. The predicted molar refractivity (Wildman–Crippen MR) is 347 cm³/mol. The van der Waals surface area contributed by atoms with Gasteiger partial charge < -0.3 is 74.8 Å². The molecule has 18 nitrogen and oxygen atoms in total. The molecule has 0 aromatic heterocycles. The maximum atomic E-state index is 16.1. The molecule has 0 saturated carbocycles. The van der Waals surface area contributed by atoms with E-state index < -0.39 is 54.2 Å². The molecule has 0 bridgehead atoms. The molecule has 4 aliphatic rings. The second-order valence-corrected chi connectivity index (χ2v) is 23.5. The van der Waals surface area contributed by atoms with Crippen LogP contribution in [0.1, 0.15) is 68.1 Å². The first-order valence-electron chi connectivity index (χ1n) is 30.1. The van der Waals surface area contributed by atoms with Crippen LogP contribution in [-0.2, 0) is 37.9 Å². The molecule has 466 valence electrons. The third-order valence-corrected chi connectivity index (χ3v) is 17.9. The van der Waals surface area contributed by atoms with Crippen molar-refractivity contribution in [2.24, 2.45) is 0 Å². The van der Waals surface area contributed by atoms with Gasteiger partial charge in [0.1, 0.15) is 23.0 Å². The molecule has 0 unspecified atom stereocenters. The Hall–Kier alpha value is -9.00. The summed E-state index contributed by atoms with van der Waals surface area (Å²) < 4.78 is 92.3. The van der Waals surface area contributed by atoms with E-state index >= 15 is 9.59 Å². The van der Waals surface area contributed by atoms with Crippen molar-refractivity contribution in [3.63, 3.8) is 0 Å². The SMILES string of the molecule is CN(C(=O)c1cc2ccccc2c(-c2c(OP(Oc3ccccc3C3OCCO3)Oc3ccccc3C3OCCO3)c(C(=O)N(C)c3ccccc3)cc3ccccc23)c1OP(Oc1ccccc1C1OCCO1)Oc1ccccc1C1OCCO1)c1ccccc1. The van der Waals surface area contributed by atoms with Crippen LogP contribution < -0.4 is 36.9 Å². The maximum Gasteiger partial charge on any atom is 0.530 e. The third-order valence-electron chi connectivity index (χ3n) is 15.8. The van der Waals surface area contributed by atoms with Crippen molar-refractivity contribution in [3.05, 3.63) is 252 Å². The summed E-state index contributed by atoms with van der Waals surface area (Å²) in [5.41, 5.74) is 4.30. The fourth-order valence-corrected chi connectivity index (χ4v) is 13.5. The highest BCUT2D eigenvalue weighted by atomic mass is 31.2. The smallest absolute Gasteiger partial charge is 0.408 e. The number of para-hydroxylation sites is 6. The molecule has 4 heterocycles. The number of nitrogens with zero attached hydrogens (tertiary/aromatic N) is 2. The Morgan fingerprint density at radius 2 is 0.598 bits per heavy atom. The van der Waals surface area contributed by atoms with E-state index in [4.69, 9.17) is 65.0 Å². The van der Waals surface area contributed by atoms with Gasteiger partial charge in [0.25, 0.3) is 11.8 Å². The summed E-state index contributed by atoms with van der Waals surface area (Å²) in [6.07, 6.45) is -3.12. The first-order chi connectivity index (χ1) is 45.3. The van der Waals surface area contributed by atoms with Crippen LogP contribution in [0.4, 0.5) is 11.4 Å². The molecule has 0 N–H and O–H groups in total. The zero-order valence-corrected chi connectivity index (χ0v) is 51.9. The van der Waals surface area contributed by atoms with Gasteiger partial charge in [0, 0.05) is 36.6 Å². The number of fused-ring (bicyclic) bond motifs is 2. The first kappa shape index (κ1) is 60.6. The van der Waals surface area contributed by atoms with Crippen molar-refractivity contribution in [1.29, 1.82) is 0 Å². The van der Waals surface area contributed by atoms with Gasteiger partial charge in [-0.05, 0) is 82.2 Å². The summed E-state index contributed by atoms with van der Waals surface area (Å²) in [5.74, 6) is 0.357. The van der Waals surface area contributed by atoms with E-state index in [1.807, 2.05) is 182 Å². The van der Waals surface area contributed by atoms with Gasteiger partial charge in [-0.2, -0.15) is 0 Å². The van der Waals surface area contributed by atoms with E-state index in [1.165, 1.54) is 0 Å². The average molecular weight is 1270 g/mol. The number of carbonyl (C=O) groups excluding carboxylic acids is 2. The summed E-state index contributed by atoms with van der Waals surface area (Å²) in [7, 11) is -2.09. The Labute approximate surface area is 533 Å². The minimum atomic E-state index is -2.74.